The van der Waals surface area contributed by atoms with E-state index in [1.165, 1.54) is 11.3 Å². The molecule has 5 rings (SSSR count). The summed E-state index contributed by atoms with van der Waals surface area (Å²) >= 11 is 2.44. The molecule has 2 aliphatic rings. The van der Waals surface area contributed by atoms with Gasteiger partial charge in [0.1, 0.15) is 23.5 Å². The molecule has 0 saturated carbocycles. The molecule has 0 bridgehead atoms. The predicted octanol–water partition coefficient (Wildman–Crippen LogP) is 3.52. The van der Waals surface area contributed by atoms with Crippen LogP contribution in [0.25, 0.3) is 0 Å². The number of esters is 2. The summed E-state index contributed by atoms with van der Waals surface area (Å²) in [4.78, 5) is 72.8. The highest BCUT2D eigenvalue weighted by molar-refractivity contribution is 8.00. The molecule has 3 heterocycles. The number of β-lactam (4-membered cyclic amide) rings is 1. The van der Waals surface area contributed by atoms with Crippen molar-refractivity contribution in [2.75, 3.05) is 12.4 Å². The van der Waals surface area contributed by atoms with Crippen molar-refractivity contribution < 1.29 is 43.0 Å². The molecule has 2 aromatic carbocycles. The molecule has 2 amide bonds. The Labute approximate surface area is 255 Å². The first-order valence-electron chi connectivity index (χ1n) is 13.0. The Kier molecular flexibility index (Phi) is 9.19. The average Bonchev–Trinajstić information content (AvgIpc) is 3.51. The van der Waals surface area contributed by atoms with Crippen LogP contribution in [0.1, 0.15) is 35.6 Å². The van der Waals surface area contributed by atoms with Crippen molar-refractivity contribution in [1.29, 1.82) is 0 Å². The molecule has 2 aliphatic heterocycles. The number of thiophene rings is 1. The third-order valence-corrected chi connectivity index (χ3v) is 9.98. The smallest absolute Gasteiger partial charge is 0.372 e. The lowest BCUT2D eigenvalue weighted by Crippen LogP contribution is -2.70. The van der Waals surface area contributed by atoms with Crippen molar-refractivity contribution in [1.82, 2.24) is 10.2 Å². The molecule has 0 spiro atoms. The molecule has 43 heavy (non-hydrogen) atoms. The Balaban J connectivity index is 1.38. The molecule has 1 saturated heterocycles. The Morgan fingerprint density at radius 2 is 1.65 bits per heavy atom. The maximum absolute atomic E-state index is 13.7. The van der Waals surface area contributed by atoms with Crippen molar-refractivity contribution in [3.05, 3.63) is 105 Å². The summed E-state index contributed by atoms with van der Waals surface area (Å²) in [5.74, 6) is -4.36. The van der Waals surface area contributed by atoms with Crippen LogP contribution in [0.2, 0.25) is 0 Å². The fraction of sp³-hybridized carbons (Fsp3) is 0.241. The van der Waals surface area contributed by atoms with E-state index < -0.39 is 60.2 Å². The van der Waals surface area contributed by atoms with Gasteiger partial charge in [0.05, 0.1) is 0 Å². The van der Waals surface area contributed by atoms with Crippen LogP contribution in [0.4, 0.5) is 0 Å². The molecule has 3 aromatic rings. The van der Waals surface area contributed by atoms with Crippen LogP contribution in [-0.4, -0.2) is 62.2 Å². The summed E-state index contributed by atoms with van der Waals surface area (Å²) in [5.41, 5.74) is 1.37. The summed E-state index contributed by atoms with van der Waals surface area (Å²) in [5, 5.41) is 5.14. The Hall–Kier alpha value is -3.74. The van der Waals surface area contributed by atoms with E-state index >= 15 is 0 Å². The number of hydrogen-bond acceptors (Lipinski definition) is 9. The van der Waals surface area contributed by atoms with E-state index in [-0.39, 0.29) is 17.9 Å². The van der Waals surface area contributed by atoms with Crippen LogP contribution < -0.4 is 5.32 Å². The number of benzene rings is 2. The molecule has 0 aliphatic carbocycles. The highest BCUT2D eigenvalue weighted by Crippen LogP contribution is 2.56. The quantitative estimate of drug-likeness (QED) is 0.129. The Morgan fingerprint density at radius 1 is 1.02 bits per heavy atom. The highest BCUT2D eigenvalue weighted by Gasteiger charge is 2.56. The molecular weight excluding hydrogens is 615 g/mol. The number of thioether (sulfide) groups is 1. The van der Waals surface area contributed by atoms with Gasteiger partial charge in [-0.3, -0.25) is 28.6 Å². The summed E-state index contributed by atoms with van der Waals surface area (Å²) in [7, 11) is -4.95. The lowest BCUT2D eigenvalue weighted by Gasteiger charge is -2.50. The maximum Gasteiger partial charge on any atom is 0.372 e. The van der Waals surface area contributed by atoms with Gasteiger partial charge in [-0.15, -0.1) is 11.8 Å². The standard InChI is InChI=1S/C29H27N2O9PS2/c1-17(32)39-14-21-16-43-28-23(26(34)31(28)27(21)41(36,37)38)30-25(33)22(20-12-13-42-15-20)29(35)40-24(18-8-4-2-5-9-18)19-10-6-3-7-11-19/h2-13,15,22-24,28H,14,16H2,1H3,(H,30,33)(H2,36,37,38)/t22?,23-,28+/m1/s1. The van der Waals surface area contributed by atoms with Gasteiger partial charge in [-0.2, -0.15) is 11.3 Å². The second-order valence-electron chi connectivity index (χ2n) is 9.78. The first kappa shape index (κ1) is 30.7. The van der Waals surface area contributed by atoms with E-state index in [2.05, 4.69) is 5.32 Å². The van der Waals surface area contributed by atoms with Crippen molar-refractivity contribution in [3.63, 3.8) is 0 Å². The van der Waals surface area contributed by atoms with Gasteiger partial charge in [-0.05, 0) is 33.5 Å². The fourth-order valence-electron chi connectivity index (χ4n) is 4.89. The number of carbonyl (C=O) groups excluding carboxylic acids is 4. The lowest BCUT2D eigenvalue weighted by atomic mass is 9.98. The van der Waals surface area contributed by atoms with Crippen LogP contribution in [0.15, 0.2) is 88.5 Å². The summed E-state index contributed by atoms with van der Waals surface area (Å²) in [6, 6.07) is 18.7. The molecular formula is C29H27N2O9PS2. The van der Waals surface area contributed by atoms with Crippen molar-refractivity contribution >= 4 is 54.4 Å². The first-order chi connectivity index (χ1) is 20.6. The van der Waals surface area contributed by atoms with Gasteiger partial charge in [-0.1, -0.05) is 60.7 Å². The fourth-order valence-corrected chi connectivity index (χ4v) is 8.15. The van der Waals surface area contributed by atoms with Crippen LogP contribution in [-0.2, 0) is 33.2 Å². The van der Waals surface area contributed by atoms with Gasteiger partial charge in [0.25, 0.3) is 5.91 Å². The van der Waals surface area contributed by atoms with E-state index in [0.29, 0.717) is 16.7 Å². The number of carbonyl (C=O) groups is 4. The van der Waals surface area contributed by atoms with Gasteiger partial charge >= 0.3 is 19.5 Å². The lowest BCUT2D eigenvalue weighted by molar-refractivity contribution is -0.154. The van der Waals surface area contributed by atoms with E-state index in [1.54, 1.807) is 16.8 Å². The van der Waals surface area contributed by atoms with Gasteiger partial charge in [-0.25, -0.2) is 0 Å². The molecule has 11 nitrogen and oxygen atoms in total. The molecule has 0 radical (unpaired) electrons. The number of ether oxygens (including phenoxy) is 2. The van der Waals surface area contributed by atoms with Crippen LogP contribution >= 0.6 is 30.7 Å². The molecule has 1 unspecified atom stereocenters. The van der Waals surface area contributed by atoms with Gasteiger partial charge in [0.2, 0.25) is 5.91 Å². The topological polar surface area (TPSA) is 160 Å². The van der Waals surface area contributed by atoms with Crippen molar-refractivity contribution in [3.8, 4) is 0 Å². The Morgan fingerprint density at radius 3 is 2.19 bits per heavy atom. The van der Waals surface area contributed by atoms with Crippen LogP contribution in [0.5, 0.6) is 0 Å². The van der Waals surface area contributed by atoms with E-state index in [0.717, 1.165) is 23.6 Å². The molecule has 3 atom stereocenters. The number of fused-ring (bicyclic) bond motifs is 1. The normalized spacial score (nSPS) is 18.9. The minimum absolute atomic E-state index is 0.0559. The molecule has 1 fully saturated rings. The molecule has 14 heteroatoms. The zero-order valence-corrected chi connectivity index (χ0v) is 25.2. The summed E-state index contributed by atoms with van der Waals surface area (Å²) in [6.07, 6.45) is -0.801. The number of amides is 2. The zero-order chi connectivity index (χ0) is 30.7. The first-order valence-corrected chi connectivity index (χ1v) is 16.7. The largest absolute Gasteiger partial charge is 0.461 e. The molecule has 224 valence electrons. The number of nitrogens with one attached hydrogen (secondary N) is 1. The number of hydrogen-bond donors (Lipinski definition) is 3. The zero-order valence-electron chi connectivity index (χ0n) is 22.7. The number of rotatable bonds is 10. The monoisotopic (exact) mass is 642 g/mol. The van der Waals surface area contributed by atoms with Crippen molar-refractivity contribution in [2.45, 2.75) is 30.4 Å². The van der Waals surface area contributed by atoms with Crippen molar-refractivity contribution in [2.24, 2.45) is 0 Å². The predicted molar refractivity (Wildman–Crippen MR) is 159 cm³/mol. The SMILES string of the molecule is CC(=O)OCC1=C(P(=O)(O)O)N2C(=O)[C@@H](NC(=O)C(C(=O)OC(c3ccccc3)c3ccccc3)c3ccsc3)[C@@H]2SC1. The van der Waals surface area contributed by atoms with Crippen LogP contribution in [0, 0.1) is 0 Å². The number of nitrogens with zero attached hydrogens (tertiary/aromatic N) is 1. The second kappa shape index (κ2) is 12.9. The summed E-state index contributed by atoms with van der Waals surface area (Å²) < 4.78 is 23.2. The second-order valence-corrected chi connectivity index (χ2v) is 13.2. The minimum Gasteiger partial charge on any atom is -0.461 e. The maximum atomic E-state index is 13.7. The van der Waals surface area contributed by atoms with Crippen LogP contribution in [0.3, 0.4) is 0 Å². The van der Waals surface area contributed by atoms with Gasteiger partial charge < -0.3 is 24.6 Å². The van der Waals surface area contributed by atoms with E-state index in [4.69, 9.17) is 9.47 Å². The third kappa shape index (κ3) is 6.61. The molecule has 1 aromatic heterocycles. The molecule has 3 N–H and O–H groups in total. The van der Waals surface area contributed by atoms with Gasteiger partial charge in [0, 0.05) is 18.2 Å². The third-order valence-electron chi connectivity index (χ3n) is 6.85. The minimum atomic E-state index is -4.95. The van der Waals surface area contributed by atoms with E-state index in [9.17, 15) is 33.5 Å². The Bertz CT molecular complexity index is 1550. The van der Waals surface area contributed by atoms with Gasteiger partial charge in [0.15, 0.2) is 12.0 Å². The highest BCUT2D eigenvalue weighted by atomic mass is 32.2. The summed E-state index contributed by atoms with van der Waals surface area (Å²) in [6.45, 7) is 0.778. The average molecular weight is 643 g/mol. The van der Waals surface area contributed by atoms with E-state index in [1.807, 2.05) is 60.7 Å².